The highest BCUT2D eigenvalue weighted by atomic mass is 79.9. The van der Waals surface area contributed by atoms with Gasteiger partial charge in [-0.3, -0.25) is 14.4 Å². The summed E-state index contributed by atoms with van der Waals surface area (Å²) in [5.74, 6) is 2.03. The van der Waals surface area contributed by atoms with E-state index < -0.39 is 16.8 Å². The number of carbonyl (C=O) groups is 3. The minimum absolute atomic E-state index is 0.0857. The van der Waals surface area contributed by atoms with Crippen molar-refractivity contribution in [2.24, 2.45) is 68.0 Å². The van der Waals surface area contributed by atoms with Gasteiger partial charge < -0.3 is 9.84 Å². The molecule has 0 aromatic rings. The molecule has 4 unspecified atom stereocenters. The molecule has 5 aliphatic carbocycles. The van der Waals surface area contributed by atoms with Gasteiger partial charge >= 0.3 is 11.9 Å². The van der Waals surface area contributed by atoms with E-state index in [0.717, 1.165) is 51.4 Å². The Bertz CT molecular complexity index is 1130. The van der Waals surface area contributed by atoms with Crippen molar-refractivity contribution in [1.29, 1.82) is 0 Å². The maximum absolute atomic E-state index is 13.0. The topological polar surface area (TPSA) is 80.7 Å². The van der Waals surface area contributed by atoms with Crippen LogP contribution in [0, 0.1) is 68.0 Å². The molecule has 5 fully saturated rings. The second kappa shape index (κ2) is 10.3. The Morgan fingerprint density at radius 1 is 0.857 bits per heavy atom. The third-order valence-electron chi connectivity index (χ3n) is 15.1. The molecule has 0 amide bonds. The summed E-state index contributed by atoms with van der Waals surface area (Å²) in [5, 5.41) is 10.6. The number of rotatable bonds is 6. The monoisotopic (exact) mass is 648 g/mol. The first-order valence-corrected chi connectivity index (χ1v) is 17.7. The molecular weight excluding hydrogens is 592 g/mol. The molecule has 5 aliphatic rings. The molecule has 6 heteroatoms. The summed E-state index contributed by atoms with van der Waals surface area (Å²) < 4.78 is 6.03. The lowest BCUT2D eigenvalue weighted by Gasteiger charge is -2.72. The van der Waals surface area contributed by atoms with E-state index in [-0.39, 0.29) is 44.8 Å². The molecule has 5 rings (SSSR count). The van der Waals surface area contributed by atoms with Gasteiger partial charge in [0.2, 0.25) is 4.69 Å². The number of carboxylic acid groups (broad SMARTS) is 1. The smallest absolute Gasteiger partial charge is 0.309 e. The number of esters is 1. The largest absolute Gasteiger partial charge is 0.481 e. The number of carboxylic acids is 1. The fraction of sp³-hybridized carbons (Fsp3) is 0.917. The molecule has 1 N–H and O–H groups in total. The number of fused-ring (bicyclic) bond motifs is 7. The summed E-state index contributed by atoms with van der Waals surface area (Å²) in [4.78, 5) is 38.0. The molecule has 0 aromatic carbocycles. The lowest BCUT2D eigenvalue weighted by atomic mass is 9.32. The van der Waals surface area contributed by atoms with Gasteiger partial charge in [0.05, 0.1) is 11.8 Å². The Morgan fingerprint density at radius 2 is 1.52 bits per heavy atom. The zero-order valence-electron chi connectivity index (χ0n) is 27.8. The second-order valence-electron chi connectivity index (χ2n) is 17.8. The van der Waals surface area contributed by atoms with E-state index in [4.69, 9.17) is 4.74 Å². The molecule has 0 aliphatic heterocycles. The fourth-order valence-electron chi connectivity index (χ4n) is 12.6. The molecule has 0 spiro atoms. The molecule has 0 saturated heterocycles. The van der Waals surface area contributed by atoms with Crippen molar-refractivity contribution in [2.45, 2.75) is 139 Å². The van der Waals surface area contributed by atoms with Crippen molar-refractivity contribution in [3.05, 3.63) is 0 Å². The first kappa shape index (κ1) is 32.5. The van der Waals surface area contributed by atoms with Crippen molar-refractivity contribution in [1.82, 2.24) is 0 Å². The van der Waals surface area contributed by atoms with Crippen molar-refractivity contribution in [2.75, 3.05) is 0 Å². The third kappa shape index (κ3) is 4.43. The van der Waals surface area contributed by atoms with Crippen molar-refractivity contribution in [3.63, 3.8) is 0 Å². The maximum atomic E-state index is 13.0. The van der Waals surface area contributed by atoms with Crippen LogP contribution in [0.2, 0.25) is 0 Å². The van der Waals surface area contributed by atoms with Gasteiger partial charge in [-0.2, -0.15) is 0 Å². The van der Waals surface area contributed by atoms with Crippen LogP contribution in [0.4, 0.5) is 0 Å². The van der Waals surface area contributed by atoms with Crippen molar-refractivity contribution in [3.8, 4) is 0 Å². The Balaban J connectivity index is 1.42. The van der Waals surface area contributed by atoms with Gasteiger partial charge in [0, 0.05) is 10.8 Å². The number of hydrogen-bond acceptors (Lipinski definition) is 4. The molecule has 238 valence electrons. The molecule has 10 atom stereocenters. The Labute approximate surface area is 263 Å². The van der Waals surface area contributed by atoms with Gasteiger partial charge in [-0.1, -0.05) is 62.3 Å². The predicted octanol–water partition coefficient (Wildman–Crippen LogP) is 9.06. The van der Waals surface area contributed by atoms with Crippen molar-refractivity contribution >= 4 is 32.6 Å². The normalized spacial score (nSPS) is 46.2. The Hall–Kier alpha value is -0.910. The highest BCUT2D eigenvalue weighted by Crippen LogP contribution is 2.77. The molecule has 0 bridgehead atoms. The quantitative estimate of drug-likeness (QED) is 0.229. The highest BCUT2D eigenvalue weighted by Gasteiger charge is 2.72. The van der Waals surface area contributed by atoms with Crippen LogP contribution in [-0.2, 0) is 19.1 Å². The van der Waals surface area contributed by atoms with Gasteiger partial charge in [0.15, 0.2) is 0 Å². The molecule has 0 radical (unpaired) electrons. The Morgan fingerprint density at radius 3 is 2.12 bits per heavy atom. The molecular formula is C36H57BrO5. The van der Waals surface area contributed by atoms with E-state index >= 15 is 0 Å². The number of carbonyl (C=O) groups excluding carboxylic acids is 2. The fourth-order valence-corrected chi connectivity index (χ4v) is 12.7. The summed E-state index contributed by atoms with van der Waals surface area (Å²) in [6.45, 7) is 20.6. The predicted molar refractivity (Wildman–Crippen MR) is 169 cm³/mol. The lowest BCUT2D eigenvalue weighted by molar-refractivity contribution is -0.252. The summed E-state index contributed by atoms with van der Waals surface area (Å²) in [7, 11) is 0. The van der Waals surface area contributed by atoms with Crippen LogP contribution in [0.5, 0.6) is 0 Å². The number of ether oxygens (including phenoxy) is 1. The minimum atomic E-state index is -0.780. The van der Waals surface area contributed by atoms with Crippen molar-refractivity contribution < 1.29 is 24.2 Å². The molecule has 5 saturated carbocycles. The number of halogens is 1. The first-order chi connectivity index (χ1) is 19.3. The van der Waals surface area contributed by atoms with Gasteiger partial charge in [-0.25, -0.2) is 0 Å². The van der Waals surface area contributed by atoms with Crippen LogP contribution in [0.25, 0.3) is 0 Å². The van der Waals surface area contributed by atoms with E-state index in [0.29, 0.717) is 35.5 Å². The summed E-state index contributed by atoms with van der Waals surface area (Å²) >= 11 is 3.05. The van der Waals surface area contributed by atoms with Crippen LogP contribution < -0.4 is 0 Å². The SMILES string of the molecule is CC(C)[C@@H]1CC[C@]2(C(=O)O)CC[C@]3(C)C(CCC4[C@@]5(C)CC[C@H](OC(=O)CC(C)(C)C(=O)Br)C(C)(C)C5CC[C@]43C)C12. The van der Waals surface area contributed by atoms with E-state index in [1.807, 2.05) is 0 Å². The van der Waals surface area contributed by atoms with Gasteiger partial charge in [-0.15, -0.1) is 0 Å². The molecule has 0 heterocycles. The van der Waals surface area contributed by atoms with E-state index in [2.05, 4.69) is 64.4 Å². The second-order valence-corrected chi connectivity index (χ2v) is 18.5. The zero-order chi connectivity index (χ0) is 31.3. The van der Waals surface area contributed by atoms with Crippen LogP contribution in [0.3, 0.4) is 0 Å². The summed E-state index contributed by atoms with van der Waals surface area (Å²) in [6, 6.07) is 0. The standard InChI is InChI=1S/C36H57BrO5/c1-21(2)22-12-17-36(30(40)41)19-18-34(8)23(28(22)36)10-11-25-33(7)15-14-26(42-27(38)20-31(3,4)29(37)39)32(5,6)24(33)13-16-35(25,34)9/h21-26,28H,10-20H2,1-9H3,(H,40,41)/t22-,23?,24?,25?,26-,28?,33-,34+,35+,36-/m0/s1. The van der Waals surface area contributed by atoms with Crippen LogP contribution in [0.1, 0.15) is 133 Å². The number of hydrogen-bond donors (Lipinski definition) is 1. The Kier molecular flexibility index (Phi) is 7.97. The highest BCUT2D eigenvalue weighted by molar-refractivity contribution is 9.18. The van der Waals surface area contributed by atoms with Crippen LogP contribution in [0.15, 0.2) is 0 Å². The third-order valence-corrected chi connectivity index (χ3v) is 16.2. The molecule has 5 nitrogen and oxygen atoms in total. The maximum Gasteiger partial charge on any atom is 0.309 e. The van der Waals surface area contributed by atoms with Gasteiger partial charge in [-0.05, 0) is 132 Å². The van der Waals surface area contributed by atoms with Gasteiger partial charge in [0.25, 0.3) is 0 Å². The summed E-state index contributed by atoms with van der Waals surface area (Å²) in [6.07, 6.45) is 10.3. The minimum Gasteiger partial charge on any atom is -0.481 e. The zero-order valence-corrected chi connectivity index (χ0v) is 29.4. The average Bonchev–Trinajstić information content (AvgIpc) is 3.27. The van der Waals surface area contributed by atoms with E-state index in [1.54, 1.807) is 13.8 Å². The van der Waals surface area contributed by atoms with Crippen LogP contribution in [-0.4, -0.2) is 27.8 Å². The molecule has 42 heavy (non-hydrogen) atoms. The van der Waals surface area contributed by atoms with Crippen LogP contribution >= 0.6 is 15.9 Å². The van der Waals surface area contributed by atoms with E-state index in [9.17, 15) is 19.5 Å². The molecule has 0 aromatic heterocycles. The van der Waals surface area contributed by atoms with E-state index in [1.165, 1.54) is 12.8 Å². The lowest BCUT2D eigenvalue weighted by Crippen LogP contribution is -2.67. The van der Waals surface area contributed by atoms with Gasteiger partial charge in [0.1, 0.15) is 6.10 Å². The first-order valence-electron chi connectivity index (χ1n) is 16.9. The average molecular weight is 650 g/mol. The number of aliphatic carboxylic acids is 1. The summed E-state index contributed by atoms with van der Waals surface area (Å²) in [5.41, 5.74) is -0.975.